The van der Waals surface area contributed by atoms with Gasteiger partial charge in [-0.15, -0.1) is 0 Å². The zero-order valence-electron chi connectivity index (χ0n) is 2.13. The van der Waals surface area contributed by atoms with E-state index < -0.39 is 5.82 Å². The molecule has 5 heteroatoms. The van der Waals surface area contributed by atoms with Crippen molar-refractivity contribution in [3.63, 3.8) is 0 Å². The Morgan fingerprint density at radius 1 is 1.33 bits per heavy atom. The van der Waals surface area contributed by atoms with Gasteiger partial charge >= 0.3 is 28.9 Å². The van der Waals surface area contributed by atoms with Crippen LogP contribution in [-0.2, 0) is 0 Å². The van der Waals surface area contributed by atoms with Crippen molar-refractivity contribution in [2.75, 3.05) is 0 Å². The molecule has 0 radical (unpaired) electrons. The van der Waals surface area contributed by atoms with E-state index in [9.17, 15) is 4.79 Å². The minimum Gasteiger partial charge on any atom is -0.197 e. The Balaban J connectivity index is 0.000000250. The highest BCUT2D eigenvalue weighted by molar-refractivity contribution is 5.75. The summed E-state index contributed by atoms with van der Waals surface area (Å²) in [4.78, 5) is 9.33. The van der Waals surface area contributed by atoms with E-state index in [4.69, 9.17) is 0 Å². The first-order valence-corrected chi connectivity index (χ1v) is 0.946. The van der Waals surface area contributed by atoms with Crippen LogP contribution in [0.25, 0.3) is 0 Å². The predicted octanol–water partition coefficient (Wildman–Crippen LogP) is -1.09. The highest BCUT2D eigenvalue weighted by Gasteiger charge is 1.85. The van der Waals surface area contributed by atoms with Crippen LogP contribution < -0.4 is 5.82 Å². The standard InChI is InChI=1S/CO4.Mg.2H/c2-1-3-5-4-1;;;. The smallest absolute Gasteiger partial charge is 0.197 e. The highest BCUT2D eigenvalue weighted by atomic mass is 24.3. The summed E-state index contributed by atoms with van der Waals surface area (Å²) in [7, 11) is 0. The number of hydrogen-bond donors (Lipinski definition) is 0. The Bertz CT molecular complexity index is 122. The largest absolute Gasteiger partial charge is 0.597 e. The second-order valence-electron chi connectivity index (χ2n) is 0.485. The molecule has 1 heterocycles. The van der Waals surface area contributed by atoms with Gasteiger partial charge in [0.2, 0.25) is 0 Å². The summed E-state index contributed by atoms with van der Waals surface area (Å²) >= 11 is 0. The second-order valence-corrected chi connectivity index (χ2v) is 0.485. The van der Waals surface area contributed by atoms with E-state index in [2.05, 4.69) is 13.9 Å². The van der Waals surface area contributed by atoms with Gasteiger partial charge in [-0.05, 0) is 0 Å². The molecule has 0 saturated carbocycles. The Morgan fingerprint density at radius 3 is 1.67 bits per heavy atom. The molecule has 0 fully saturated rings. The van der Waals surface area contributed by atoms with Crippen LogP contribution in [0.1, 0.15) is 0 Å². The van der Waals surface area contributed by atoms with Crippen molar-refractivity contribution in [3.05, 3.63) is 10.6 Å². The van der Waals surface area contributed by atoms with E-state index in [1.54, 1.807) is 0 Å². The SMILES string of the molecule is O=c1ooo1.[MgH2]. The summed E-state index contributed by atoms with van der Waals surface area (Å²) in [5, 5.41) is 0. The van der Waals surface area contributed by atoms with E-state index in [-0.39, 0.29) is 23.1 Å². The first kappa shape index (κ1) is 5.84. The van der Waals surface area contributed by atoms with Gasteiger partial charge < -0.3 is 0 Å². The average molecular weight is 102 g/mol. The summed E-state index contributed by atoms with van der Waals surface area (Å²) in [5.41, 5.74) is 0. The van der Waals surface area contributed by atoms with Crippen LogP contribution in [0, 0.1) is 0 Å². The monoisotopic (exact) mass is 102 g/mol. The number of hydrogen-bond acceptors (Lipinski definition) is 4. The first-order valence-electron chi connectivity index (χ1n) is 0.946. The third-order valence-corrected chi connectivity index (χ3v) is 0.204. The molecule has 0 aromatic carbocycles. The fraction of sp³-hybridized carbons (Fsp3) is 0. The molecule has 0 unspecified atom stereocenters. The molecule has 0 aliphatic carbocycles. The zero-order chi connectivity index (χ0) is 3.70. The highest BCUT2D eigenvalue weighted by Crippen LogP contribution is 1.66. The van der Waals surface area contributed by atoms with Gasteiger partial charge in [0.25, 0.3) is 0 Å². The third-order valence-electron chi connectivity index (χ3n) is 0.204. The summed E-state index contributed by atoms with van der Waals surface area (Å²) in [6, 6.07) is 0. The van der Waals surface area contributed by atoms with Crippen molar-refractivity contribution in [2.45, 2.75) is 0 Å². The molecule has 0 aliphatic rings. The molecule has 0 aliphatic heterocycles. The van der Waals surface area contributed by atoms with E-state index in [0.29, 0.717) is 0 Å². The van der Waals surface area contributed by atoms with Crippen molar-refractivity contribution in [1.82, 2.24) is 0 Å². The predicted molar refractivity (Wildman–Crippen MR) is 18.1 cm³/mol. The molecule has 0 saturated heterocycles. The molecular weight excluding hydrogens is 100 g/mol. The lowest BCUT2D eigenvalue weighted by atomic mass is 11.6. The topological polar surface area (TPSA) is 56.5 Å². The van der Waals surface area contributed by atoms with E-state index in [1.807, 2.05) is 0 Å². The van der Waals surface area contributed by atoms with Crippen LogP contribution in [0.4, 0.5) is 0 Å². The van der Waals surface area contributed by atoms with Gasteiger partial charge in [-0.3, -0.25) is 0 Å². The van der Waals surface area contributed by atoms with Crippen molar-refractivity contribution in [3.8, 4) is 0 Å². The van der Waals surface area contributed by atoms with Crippen LogP contribution in [0.15, 0.2) is 18.7 Å². The Hall–Kier alpha value is -0.164. The molecule has 6 heavy (non-hydrogen) atoms. The van der Waals surface area contributed by atoms with Gasteiger partial charge in [0.05, 0.1) is 0 Å². The quantitative estimate of drug-likeness (QED) is 0.308. The van der Waals surface area contributed by atoms with Crippen molar-refractivity contribution < 1.29 is 13.9 Å². The number of rotatable bonds is 0. The molecule has 0 atom stereocenters. The minimum atomic E-state index is -0.787. The van der Waals surface area contributed by atoms with Crippen molar-refractivity contribution in [1.29, 1.82) is 0 Å². The van der Waals surface area contributed by atoms with E-state index in [1.165, 1.54) is 0 Å². The summed E-state index contributed by atoms with van der Waals surface area (Å²) in [5.74, 6) is -0.787. The average Bonchev–Trinajstić information content (AvgIpc) is 1.30. The Kier molecular flexibility index (Phi) is 2.03. The van der Waals surface area contributed by atoms with Crippen molar-refractivity contribution >= 4 is 23.1 Å². The molecule has 32 valence electrons. The molecule has 0 spiro atoms. The lowest BCUT2D eigenvalue weighted by Crippen LogP contribution is -1.95. The molecule has 1 aromatic heterocycles. The molecule has 1 rings (SSSR count). The molecule has 1 aromatic rings. The maximum atomic E-state index is 9.33. The molecular formula is CH2MgO4. The van der Waals surface area contributed by atoms with E-state index in [0.717, 1.165) is 0 Å². The fourth-order valence-corrected chi connectivity index (χ4v) is 0.0618. The lowest BCUT2D eigenvalue weighted by Gasteiger charge is -1.68. The van der Waals surface area contributed by atoms with Crippen LogP contribution in [-0.4, -0.2) is 23.1 Å². The van der Waals surface area contributed by atoms with Crippen LogP contribution in [0.2, 0.25) is 0 Å². The molecule has 4 nitrogen and oxygen atoms in total. The molecule has 0 amide bonds. The maximum absolute atomic E-state index is 9.33. The lowest BCUT2D eigenvalue weighted by molar-refractivity contribution is -0.294. The summed E-state index contributed by atoms with van der Waals surface area (Å²) in [6.07, 6.45) is 0. The Morgan fingerprint density at radius 2 is 1.67 bits per heavy atom. The Labute approximate surface area is 48.1 Å². The maximum Gasteiger partial charge on any atom is 0.597 e. The van der Waals surface area contributed by atoms with Gasteiger partial charge in [-0.2, -0.15) is 13.9 Å². The van der Waals surface area contributed by atoms with Crippen LogP contribution >= 0.6 is 0 Å². The third kappa shape index (κ3) is 0.906. The minimum absolute atomic E-state index is 0. The summed E-state index contributed by atoms with van der Waals surface area (Å²) < 4.78 is 10.6. The van der Waals surface area contributed by atoms with Gasteiger partial charge in [0.15, 0.2) is 0 Å². The van der Waals surface area contributed by atoms with Crippen LogP contribution in [0.5, 0.6) is 0 Å². The fourth-order valence-electron chi connectivity index (χ4n) is 0.0618. The molecule has 0 bridgehead atoms. The van der Waals surface area contributed by atoms with Gasteiger partial charge in [-0.25, -0.2) is 0 Å². The van der Waals surface area contributed by atoms with Gasteiger partial charge in [0, 0.05) is 0 Å². The normalized spacial score (nSPS) is 7.33. The molecule has 0 N–H and O–H groups in total. The van der Waals surface area contributed by atoms with E-state index >= 15 is 0 Å². The zero-order valence-corrected chi connectivity index (χ0v) is 2.13. The second kappa shape index (κ2) is 2.09. The van der Waals surface area contributed by atoms with Crippen molar-refractivity contribution in [2.24, 2.45) is 0 Å². The van der Waals surface area contributed by atoms with Crippen LogP contribution in [0.3, 0.4) is 0 Å². The van der Waals surface area contributed by atoms with Gasteiger partial charge in [0.1, 0.15) is 0 Å². The van der Waals surface area contributed by atoms with Gasteiger partial charge in [-0.1, -0.05) is 4.74 Å². The first-order chi connectivity index (χ1) is 2.39. The summed E-state index contributed by atoms with van der Waals surface area (Å²) in [6.45, 7) is 0.